The molecule has 1 fully saturated rings. The van der Waals surface area contributed by atoms with Crippen LogP contribution < -0.4 is 5.32 Å². The van der Waals surface area contributed by atoms with Gasteiger partial charge in [0.2, 0.25) is 0 Å². The van der Waals surface area contributed by atoms with E-state index in [1.54, 1.807) is 0 Å². The first-order valence-corrected chi connectivity index (χ1v) is 6.18. The fourth-order valence-electron chi connectivity index (χ4n) is 2.18. The van der Waals surface area contributed by atoms with Gasteiger partial charge in [0.15, 0.2) is 11.6 Å². The third-order valence-electron chi connectivity index (χ3n) is 3.09. The number of aromatic nitrogens is 1. The lowest BCUT2D eigenvalue weighted by Gasteiger charge is -2.22. The third kappa shape index (κ3) is 3.08. The summed E-state index contributed by atoms with van der Waals surface area (Å²) < 4.78 is 13.4. The van der Waals surface area contributed by atoms with Crippen LogP contribution in [0, 0.1) is 11.7 Å². The molecule has 0 unspecified atom stereocenters. The molecule has 2 nitrogen and oxygen atoms in total. The zero-order valence-electron chi connectivity index (χ0n) is 9.18. The first-order chi connectivity index (χ1) is 7.75. The lowest BCUT2D eigenvalue weighted by atomic mass is 9.89. The molecule has 88 valence electrons. The summed E-state index contributed by atoms with van der Waals surface area (Å²) in [5.41, 5.74) is 0. The van der Waals surface area contributed by atoms with Crippen LogP contribution in [0.1, 0.15) is 32.1 Å². The molecule has 0 spiro atoms. The highest BCUT2D eigenvalue weighted by molar-refractivity contribution is 6.30. The quantitative estimate of drug-likeness (QED) is 0.871. The Morgan fingerprint density at radius 1 is 1.38 bits per heavy atom. The Balaban J connectivity index is 1.88. The lowest BCUT2D eigenvalue weighted by Crippen LogP contribution is -2.18. The molecule has 1 saturated carbocycles. The van der Waals surface area contributed by atoms with Crippen LogP contribution in [0.5, 0.6) is 0 Å². The maximum Gasteiger partial charge on any atom is 0.166 e. The van der Waals surface area contributed by atoms with E-state index < -0.39 is 0 Å². The normalized spacial score (nSPS) is 17.4. The van der Waals surface area contributed by atoms with E-state index in [-0.39, 0.29) is 5.82 Å². The molecule has 0 saturated heterocycles. The molecule has 1 heterocycles. The second-order valence-corrected chi connectivity index (χ2v) is 4.81. The maximum atomic E-state index is 13.4. The highest BCUT2D eigenvalue weighted by atomic mass is 35.5. The van der Waals surface area contributed by atoms with Crippen LogP contribution in [0.15, 0.2) is 12.3 Å². The molecule has 16 heavy (non-hydrogen) atoms. The number of rotatable bonds is 3. The van der Waals surface area contributed by atoms with Gasteiger partial charge < -0.3 is 5.32 Å². The molecule has 0 aliphatic heterocycles. The Labute approximate surface area is 100 Å². The standard InChI is InChI=1S/C12H16ClFN2/c13-10-6-11(14)12(16-8-10)15-7-9-4-2-1-3-5-9/h6,8-9H,1-5,7H2,(H,15,16). The zero-order valence-corrected chi connectivity index (χ0v) is 9.93. The van der Waals surface area contributed by atoms with Crippen molar-refractivity contribution in [2.24, 2.45) is 5.92 Å². The van der Waals surface area contributed by atoms with Crippen molar-refractivity contribution in [3.05, 3.63) is 23.1 Å². The number of pyridine rings is 1. The van der Waals surface area contributed by atoms with E-state index in [1.165, 1.54) is 44.4 Å². The highest BCUT2D eigenvalue weighted by Gasteiger charge is 2.14. The van der Waals surface area contributed by atoms with Gasteiger partial charge in [0.1, 0.15) is 0 Å². The van der Waals surface area contributed by atoms with E-state index in [4.69, 9.17) is 11.6 Å². The summed E-state index contributed by atoms with van der Waals surface area (Å²) in [6.45, 7) is 0.811. The Kier molecular flexibility index (Phi) is 3.99. The summed E-state index contributed by atoms with van der Waals surface area (Å²) in [6.07, 6.45) is 7.87. The summed E-state index contributed by atoms with van der Waals surface area (Å²) in [6, 6.07) is 1.29. The fraction of sp³-hybridized carbons (Fsp3) is 0.583. The smallest absolute Gasteiger partial charge is 0.166 e. The zero-order chi connectivity index (χ0) is 11.4. The topological polar surface area (TPSA) is 24.9 Å². The van der Waals surface area contributed by atoms with Crippen molar-refractivity contribution >= 4 is 17.4 Å². The number of anilines is 1. The van der Waals surface area contributed by atoms with E-state index in [0.717, 1.165) is 6.54 Å². The first-order valence-electron chi connectivity index (χ1n) is 5.80. The minimum Gasteiger partial charge on any atom is -0.367 e. The van der Waals surface area contributed by atoms with Gasteiger partial charge in [0.25, 0.3) is 0 Å². The van der Waals surface area contributed by atoms with Crippen molar-refractivity contribution in [1.29, 1.82) is 0 Å². The van der Waals surface area contributed by atoms with E-state index in [2.05, 4.69) is 10.3 Å². The minimum atomic E-state index is -0.372. The molecule has 1 aromatic heterocycles. The van der Waals surface area contributed by atoms with Gasteiger partial charge in [-0.1, -0.05) is 30.9 Å². The molecular formula is C12H16ClFN2. The largest absolute Gasteiger partial charge is 0.367 e. The van der Waals surface area contributed by atoms with Crippen LogP contribution >= 0.6 is 11.6 Å². The molecule has 0 amide bonds. The number of hydrogen-bond acceptors (Lipinski definition) is 2. The van der Waals surface area contributed by atoms with E-state index in [1.807, 2.05) is 0 Å². The van der Waals surface area contributed by atoms with Gasteiger partial charge in [0, 0.05) is 12.7 Å². The average Bonchev–Trinajstić information content (AvgIpc) is 2.29. The molecule has 1 aromatic rings. The monoisotopic (exact) mass is 242 g/mol. The van der Waals surface area contributed by atoms with Crippen molar-refractivity contribution in [1.82, 2.24) is 4.98 Å². The molecular weight excluding hydrogens is 227 g/mol. The molecule has 0 atom stereocenters. The number of hydrogen-bond donors (Lipinski definition) is 1. The van der Waals surface area contributed by atoms with Crippen LogP contribution in [0.25, 0.3) is 0 Å². The van der Waals surface area contributed by atoms with Crippen molar-refractivity contribution in [3.63, 3.8) is 0 Å². The predicted molar refractivity (Wildman–Crippen MR) is 64.3 cm³/mol. The second kappa shape index (κ2) is 5.48. The van der Waals surface area contributed by atoms with Crippen molar-refractivity contribution in [3.8, 4) is 0 Å². The minimum absolute atomic E-state index is 0.315. The number of nitrogens with one attached hydrogen (secondary N) is 1. The van der Waals surface area contributed by atoms with Gasteiger partial charge in [0.05, 0.1) is 5.02 Å². The Morgan fingerprint density at radius 3 is 2.81 bits per heavy atom. The Morgan fingerprint density at radius 2 is 2.12 bits per heavy atom. The van der Waals surface area contributed by atoms with Crippen molar-refractivity contribution < 1.29 is 4.39 Å². The fourth-order valence-corrected chi connectivity index (χ4v) is 2.32. The predicted octanol–water partition coefficient (Wildman–Crippen LogP) is 3.87. The Bertz CT molecular complexity index is 351. The first kappa shape index (κ1) is 11.6. The van der Waals surface area contributed by atoms with Crippen molar-refractivity contribution in [2.75, 3.05) is 11.9 Å². The Hall–Kier alpha value is -0.830. The van der Waals surface area contributed by atoms with Crippen LogP contribution in [0.3, 0.4) is 0 Å². The average molecular weight is 243 g/mol. The van der Waals surface area contributed by atoms with E-state index in [0.29, 0.717) is 16.8 Å². The van der Waals surface area contributed by atoms with Crippen LogP contribution in [0.2, 0.25) is 5.02 Å². The van der Waals surface area contributed by atoms with E-state index >= 15 is 0 Å². The lowest BCUT2D eigenvalue weighted by molar-refractivity contribution is 0.373. The molecule has 4 heteroatoms. The highest BCUT2D eigenvalue weighted by Crippen LogP contribution is 2.24. The molecule has 0 bridgehead atoms. The third-order valence-corrected chi connectivity index (χ3v) is 3.30. The van der Waals surface area contributed by atoms with Gasteiger partial charge >= 0.3 is 0 Å². The SMILES string of the molecule is Fc1cc(Cl)cnc1NCC1CCCCC1. The molecule has 1 aliphatic rings. The summed E-state index contributed by atoms with van der Waals surface area (Å²) in [5, 5.41) is 3.40. The van der Waals surface area contributed by atoms with Gasteiger partial charge in [-0.05, 0) is 24.8 Å². The van der Waals surface area contributed by atoms with Crippen LogP contribution in [-0.4, -0.2) is 11.5 Å². The van der Waals surface area contributed by atoms with Gasteiger partial charge in [-0.25, -0.2) is 9.37 Å². The number of halogens is 2. The van der Waals surface area contributed by atoms with Gasteiger partial charge in [-0.2, -0.15) is 0 Å². The molecule has 1 aliphatic carbocycles. The summed E-state index contributed by atoms with van der Waals surface area (Å²) >= 11 is 5.64. The maximum absolute atomic E-state index is 13.4. The van der Waals surface area contributed by atoms with Crippen molar-refractivity contribution in [2.45, 2.75) is 32.1 Å². The molecule has 2 rings (SSSR count). The second-order valence-electron chi connectivity index (χ2n) is 4.37. The summed E-state index contributed by atoms with van der Waals surface area (Å²) in [7, 11) is 0. The summed E-state index contributed by atoms with van der Waals surface area (Å²) in [4.78, 5) is 3.94. The molecule has 1 N–H and O–H groups in total. The summed E-state index contributed by atoms with van der Waals surface area (Å²) in [5.74, 6) is 0.601. The van der Waals surface area contributed by atoms with E-state index in [9.17, 15) is 4.39 Å². The van der Waals surface area contributed by atoms with Crippen LogP contribution in [0.4, 0.5) is 10.2 Å². The van der Waals surface area contributed by atoms with Gasteiger partial charge in [-0.3, -0.25) is 0 Å². The molecule has 0 radical (unpaired) electrons. The number of nitrogens with zero attached hydrogens (tertiary/aromatic N) is 1. The van der Waals surface area contributed by atoms with Gasteiger partial charge in [-0.15, -0.1) is 0 Å². The molecule has 0 aromatic carbocycles. The van der Waals surface area contributed by atoms with Crippen LogP contribution in [-0.2, 0) is 0 Å².